The molecule has 0 radical (unpaired) electrons. The van der Waals surface area contributed by atoms with Crippen molar-refractivity contribution in [3.05, 3.63) is 11.3 Å². The molecule has 0 spiro atoms. The van der Waals surface area contributed by atoms with Gasteiger partial charge < -0.3 is 15.4 Å². The second-order valence-electron chi connectivity index (χ2n) is 3.65. The number of allylic oxidation sites excluding steroid dienone is 1. The van der Waals surface area contributed by atoms with Crippen molar-refractivity contribution in [2.75, 3.05) is 6.61 Å². The third kappa shape index (κ3) is 2.82. The highest BCUT2D eigenvalue weighted by Crippen LogP contribution is 2.16. The van der Waals surface area contributed by atoms with Gasteiger partial charge >= 0.3 is 6.03 Å². The summed E-state index contributed by atoms with van der Waals surface area (Å²) >= 11 is 0. The van der Waals surface area contributed by atoms with E-state index in [0.717, 1.165) is 6.42 Å². The fraction of sp³-hybridized carbons (Fsp3) is 0.636. The van der Waals surface area contributed by atoms with Crippen LogP contribution in [0, 0.1) is 0 Å². The summed E-state index contributed by atoms with van der Waals surface area (Å²) in [6.45, 7) is 5.93. The number of carbonyl (C=O) groups is 2. The van der Waals surface area contributed by atoms with Crippen molar-refractivity contribution in [3.63, 3.8) is 0 Å². The fourth-order valence-corrected chi connectivity index (χ4v) is 1.67. The van der Waals surface area contributed by atoms with Gasteiger partial charge in [-0.05, 0) is 20.3 Å². The van der Waals surface area contributed by atoms with Gasteiger partial charge in [0, 0.05) is 18.7 Å². The number of ether oxygens (including phenoxy) is 1. The largest absolute Gasteiger partial charge is 0.354 e. The maximum Gasteiger partial charge on any atom is 0.321 e. The van der Waals surface area contributed by atoms with Crippen LogP contribution in [0.3, 0.4) is 0 Å². The lowest BCUT2D eigenvalue weighted by molar-refractivity contribution is -0.117. The van der Waals surface area contributed by atoms with Crippen LogP contribution in [0.25, 0.3) is 0 Å². The Morgan fingerprint density at radius 2 is 2.12 bits per heavy atom. The quantitative estimate of drug-likeness (QED) is 0.742. The van der Waals surface area contributed by atoms with Crippen molar-refractivity contribution in [2.45, 2.75) is 39.8 Å². The number of amides is 2. The van der Waals surface area contributed by atoms with Crippen molar-refractivity contribution < 1.29 is 14.3 Å². The minimum Gasteiger partial charge on any atom is -0.354 e. The highest BCUT2D eigenvalue weighted by atomic mass is 16.5. The number of hydrogen-bond acceptors (Lipinski definition) is 3. The Morgan fingerprint density at radius 3 is 2.69 bits per heavy atom. The zero-order chi connectivity index (χ0) is 12.1. The van der Waals surface area contributed by atoms with E-state index in [1.165, 1.54) is 0 Å². The van der Waals surface area contributed by atoms with Crippen LogP contribution in [-0.4, -0.2) is 24.6 Å². The molecule has 1 aliphatic heterocycles. The normalized spacial score (nSPS) is 20.4. The van der Waals surface area contributed by atoms with Gasteiger partial charge in [-0.15, -0.1) is 0 Å². The number of hydrogen-bond donors (Lipinski definition) is 2. The Kier molecular flexibility index (Phi) is 4.49. The first-order chi connectivity index (χ1) is 7.60. The average Bonchev–Trinajstić information content (AvgIpc) is 2.17. The van der Waals surface area contributed by atoms with Crippen LogP contribution >= 0.6 is 0 Å². The van der Waals surface area contributed by atoms with Gasteiger partial charge in [-0.25, -0.2) is 4.79 Å². The van der Waals surface area contributed by atoms with Crippen LogP contribution in [0.15, 0.2) is 11.3 Å². The van der Waals surface area contributed by atoms with Gasteiger partial charge in [-0.3, -0.25) is 4.79 Å². The van der Waals surface area contributed by atoms with E-state index in [1.54, 1.807) is 6.92 Å². The SMILES string of the molecule is CCCC(=O)C1=C(C)NC(=O)NC1OCC. The maximum atomic E-state index is 11.9. The molecule has 1 unspecified atom stereocenters. The van der Waals surface area contributed by atoms with E-state index in [-0.39, 0.29) is 11.8 Å². The number of Topliss-reactive ketones (excluding diaryl/α,β-unsaturated/α-hetero) is 1. The van der Waals surface area contributed by atoms with Crippen LogP contribution in [0.2, 0.25) is 0 Å². The Labute approximate surface area is 95.2 Å². The van der Waals surface area contributed by atoms with Crippen molar-refractivity contribution in [3.8, 4) is 0 Å². The number of rotatable bonds is 5. The Balaban J connectivity index is 2.92. The number of nitrogens with one attached hydrogen (secondary N) is 2. The van der Waals surface area contributed by atoms with Crippen molar-refractivity contribution in [1.29, 1.82) is 0 Å². The summed E-state index contributed by atoms with van der Waals surface area (Å²) in [5.74, 6) is 0.0194. The molecule has 0 aromatic heterocycles. The fourth-order valence-electron chi connectivity index (χ4n) is 1.67. The summed E-state index contributed by atoms with van der Waals surface area (Å²) in [6.07, 6.45) is 0.633. The van der Waals surface area contributed by atoms with E-state index in [9.17, 15) is 9.59 Å². The van der Waals surface area contributed by atoms with Gasteiger partial charge in [0.1, 0.15) is 0 Å². The first kappa shape index (κ1) is 12.7. The summed E-state index contributed by atoms with van der Waals surface area (Å²) < 4.78 is 5.35. The molecule has 0 saturated heterocycles. The molecule has 0 aromatic carbocycles. The smallest absolute Gasteiger partial charge is 0.321 e. The number of carbonyl (C=O) groups excluding carboxylic acids is 2. The molecule has 2 N–H and O–H groups in total. The summed E-state index contributed by atoms with van der Waals surface area (Å²) in [7, 11) is 0. The standard InChI is InChI=1S/C11H18N2O3/c1-4-6-8(14)9-7(3)12-11(15)13-10(9)16-5-2/h10H,4-6H2,1-3H3,(H2,12,13,15). The molecule has 1 heterocycles. The molecule has 90 valence electrons. The molecule has 5 heteroatoms. The topological polar surface area (TPSA) is 67.4 Å². The molecule has 1 atom stereocenters. The predicted molar refractivity (Wildman–Crippen MR) is 59.7 cm³/mol. The molecule has 5 nitrogen and oxygen atoms in total. The monoisotopic (exact) mass is 226 g/mol. The van der Waals surface area contributed by atoms with Crippen molar-refractivity contribution in [2.24, 2.45) is 0 Å². The molecular formula is C11H18N2O3. The Hall–Kier alpha value is -1.36. The number of ketones is 1. The molecular weight excluding hydrogens is 208 g/mol. The second kappa shape index (κ2) is 5.65. The zero-order valence-electron chi connectivity index (χ0n) is 9.92. The van der Waals surface area contributed by atoms with Crippen molar-refractivity contribution in [1.82, 2.24) is 10.6 Å². The van der Waals surface area contributed by atoms with Crippen LogP contribution < -0.4 is 10.6 Å². The highest BCUT2D eigenvalue weighted by molar-refractivity contribution is 5.99. The lowest BCUT2D eigenvalue weighted by atomic mass is 10.0. The van der Waals surface area contributed by atoms with E-state index in [2.05, 4.69) is 10.6 Å². The molecule has 1 rings (SSSR count). The Morgan fingerprint density at radius 1 is 1.44 bits per heavy atom. The third-order valence-corrected chi connectivity index (χ3v) is 2.34. The first-order valence-corrected chi connectivity index (χ1v) is 5.53. The van der Waals surface area contributed by atoms with E-state index in [4.69, 9.17) is 4.74 Å². The van der Waals surface area contributed by atoms with Crippen LogP contribution in [0.1, 0.15) is 33.6 Å². The molecule has 0 fully saturated rings. The summed E-state index contributed by atoms with van der Waals surface area (Å²) in [5, 5.41) is 5.17. The van der Waals surface area contributed by atoms with Crippen LogP contribution in [0.5, 0.6) is 0 Å². The Bertz CT molecular complexity index is 323. The molecule has 1 aliphatic rings. The second-order valence-corrected chi connectivity index (χ2v) is 3.65. The minimum absolute atomic E-state index is 0.0194. The predicted octanol–water partition coefficient (Wildman–Crippen LogP) is 1.30. The molecule has 0 aliphatic carbocycles. The summed E-state index contributed by atoms with van der Waals surface area (Å²) in [5.41, 5.74) is 1.11. The van der Waals surface area contributed by atoms with Crippen LogP contribution in [0.4, 0.5) is 4.79 Å². The highest BCUT2D eigenvalue weighted by Gasteiger charge is 2.29. The summed E-state index contributed by atoms with van der Waals surface area (Å²) in [6, 6.07) is -0.330. The molecule has 2 amide bonds. The van der Waals surface area contributed by atoms with Gasteiger partial charge in [0.05, 0.1) is 5.57 Å². The van der Waals surface area contributed by atoms with Gasteiger partial charge in [-0.1, -0.05) is 6.92 Å². The van der Waals surface area contributed by atoms with Gasteiger partial charge in [-0.2, -0.15) is 0 Å². The average molecular weight is 226 g/mol. The molecule has 0 saturated carbocycles. The minimum atomic E-state index is -0.613. The molecule has 0 aromatic rings. The van der Waals surface area contributed by atoms with E-state index >= 15 is 0 Å². The molecule has 0 bridgehead atoms. The first-order valence-electron chi connectivity index (χ1n) is 5.53. The van der Waals surface area contributed by atoms with Gasteiger partial charge in [0.2, 0.25) is 0 Å². The lowest BCUT2D eigenvalue weighted by Gasteiger charge is -2.27. The molecule has 16 heavy (non-hydrogen) atoms. The lowest BCUT2D eigenvalue weighted by Crippen LogP contribution is -2.50. The third-order valence-electron chi connectivity index (χ3n) is 2.34. The van der Waals surface area contributed by atoms with E-state index < -0.39 is 6.23 Å². The van der Waals surface area contributed by atoms with Gasteiger partial charge in [0.15, 0.2) is 12.0 Å². The van der Waals surface area contributed by atoms with E-state index in [1.807, 2.05) is 13.8 Å². The van der Waals surface area contributed by atoms with E-state index in [0.29, 0.717) is 24.3 Å². The number of urea groups is 1. The zero-order valence-corrected chi connectivity index (χ0v) is 9.92. The van der Waals surface area contributed by atoms with Crippen molar-refractivity contribution >= 4 is 11.8 Å². The maximum absolute atomic E-state index is 11.9. The van der Waals surface area contributed by atoms with Gasteiger partial charge in [0.25, 0.3) is 0 Å². The summed E-state index contributed by atoms with van der Waals surface area (Å²) in [4.78, 5) is 23.1. The van der Waals surface area contributed by atoms with Crippen LogP contribution in [-0.2, 0) is 9.53 Å².